The van der Waals surface area contributed by atoms with Crippen molar-refractivity contribution in [3.63, 3.8) is 0 Å². The fraction of sp³-hybridized carbons (Fsp3) is 0.0526. The third-order valence-electron chi connectivity index (χ3n) is 3.86. The minimum Gasteiger partial charge on any atom is -0.605 e. The molecule has 0 saturated carbocycles. The van der Waals surface area contributed by atoms with Crippen molar-refractivity contribution in [2.24, 2.45) is 5.73 Å². The van der Waals surface area contributed by atoms with Crippen LogP contribution in [0.5, 0.6) is 0 Å². The molecular weight excluding hydrogens is 413 g/mol. The Morgan fingerprint density at radius 1 is 1.07 bits per heavy atom. The zero-order valence-electron chi connectivity index (χ0n) is 14.1. The predicted octanol–water partition coefficient (Wildman–Crippen LogP) is 4.01. The first-order valence-electron chi connectivity index (χ1n) is 7.86. The van der Waals surface area contributed by atoms with Crippen LogP contribution in [0.4, 0.5) is 13.2 Å². The van der Waals surface area contributed by atoms with Crippen molar-refractivity contribution in [3.8, 4) is 0 Å². The average molecular weight is 425 g/mol. The molecule has 3 rings (SSSR count). The third-order valence-corrected chi connectivity index (χ3v) is 5.45. The zero-order valence-corrected chi connectivity index (χ0v) is 15.7. The Hall–Kier alpha value is -2.55. The number of halogens is 4. The quantitative estimate of drug-likeness (QED) is 0.628. The first kappa shape index (κ1) is 20.2. The number of hydrogen-bond acceptors (Lipinski definition) is 3. The maximum absolute atomic E-state index is 14.5. The van der Waals surface area contributed by atoms with Gasteiger partial charge in [0.2, 0.25) is 0 Å². The van der Waals surface area contributed by atoms with E-state index in [4.69, 9.17) is 17.3 Å². The van der Waals surface area contributed by atoms with Gasteiger partial charge in [0.1, 0.15) is 11.6 Å². The summed E-state index contributed by atoms with van der Waals surface area (Å²) in [6, 6.07) is 9.42. The van der Waals surface area contributed by atoms with Crippen LogP contribution in [0.15, 0.2) is 58.5 Å². The van der Waals surface area contributed by atoms with Gasteiger partial charge < -0.3 is 10.3 Å². The molecule has 1 heterocycles. The summed E-state index contributed by atoms with van der Waals surface area (Å²) in [7, 11) is 0. The molecule has 0 aliphatic rings. The van der Waals surface area contributed by atoms with Crippen molar-refractivity contribution in [1.82, 2.24) is 4.98 Å². The monoisotopic (exact) mass is 424 g/mol. The van der Waals surface area contributed by atoms with Crippen LogP contribution >= 0.6 is 11.6 Å². The molecule has 2 N–H and O–H groups in total. The van der Waals surface area contributed by atoms with Gasteiger partial charge in [0, 0.05) is 22.6 Å². The van der Waals surface area contributed by atoms with Crippen LogP contribution in [0.1, 0.15) is 21.6 Å². The lowest BCUT2D eigenvalue weighted by Crippen LogP contribution is -2.19. The SMILES string of the molecule is NC(=O)c1cc(F)c([S+]([O-])c2ccc(Cl)cc2)nc1Cc1cc(F)ccc1F. The lowest BCUT2D eigenvalue weighted by molar-refractivity contribution is 0.0998. The summed E-state index contributed by atoms with van der Waals surface area (Å²) < 4.78 is 54.6. The number of hydrogen-bond donors (Lipinski definition) is 1. The van der Waals surface area contributed by atoms with Gasteiger partial charge in [0.15, 0.2) is 10.7 Å². The molecule has 3 aromatic rings. The molecule has 4 nitrogen and oxygen atoms in total. The Balaban J connectivity index is 2.08. The smallest absolute Gasteiger partial charge is 0.286 e. The maximum atomic E-state index is 14.5. The zero-order chi connectivity index (χ0) is 20.4. The number of amides is 1. The molecule has 0 aliphatic carbocycles. The molecule has 0 fully saturated rings. The van der Waals surface area contributed by atoms with Gasteiger partial charge in [-0.25, -0.2) is 13.8 Å². The number of pyridine rings is 1. The van der Waals surface area contributed by atoms with Crippen LogP contribution in [0.3, 0.4) is 0 Å². The van der Waals surface area contributed by atoms with E-state index in [-0.39, 0.29) is 28.1 Å². The predicted molar refractivity (Wildman–Crippen MR) is 98.0 cm³/mol. The highest BCUT2D eigenvalue weighted by atomic mass is 35.5. The number of nitrogens with zero attached hydrogens (tertiary/aromatic N) is 1. The van der Waals surface area contributed by atoms with Gasteiger partial charge in [0.25, 0.3) is 10.9 Å². The molecule has 1 amide bonds. The highest BCUT2D eigenvalue weighted by molar-refractivity contribution is 7.91. The number of benzene rings is 2. The third kappa shape index (κ3) is 4.30. The highest BCUT2D eigenvalue weighted by Gasteiger charge is 2.26. The largest absolute Gasteiger partial charge is 0.605 e. The van der Waals surface area contributed by atoms with Gasteiger partial charge in [-0.3, -0.25) is 4.79 Å². The van der Waals surface area contributed by atoms with Crippen molar-refractivity contribution >= 4 is 28.7 Å². The minimum absolute atomic E-state index is 0.107. The molecule has 1 aromatic heterocycles. The van der Waals surface area contributed by atoms with E-state index in [9.17, 15) is 22.5 Å². The molecule has 0 radical (unpaired) electrons. The van der Waals surface area contributed by atoms with Gasteiger partial charge >= 0.3 is 0 Å². The first-order valence-corrected chi connectivity index (χ1v) is 9.39. The molecular formula is C19H12ClF3N2O2S. The summed E-state index contributed by atoms with van der Waals surface area (Å²) in [5, 5.41) is -0.0559. The van der Waals surface area contributed by atoms with E-state index in [1.807, 2.05) is 0 Å². The lowest BCUT2D eigenvalue weighted by atomic mass is 10.0. The first-order chi connectivity index (χ1) is 13.3. The molecule has 144 valence electrons. The van der Waals surface area contributed by atoms with Gasteiger partial charge in [-0.15, -0.1) is 0 Å². The van der Waals surface area contributed by atoms with E-state index in [1.165, 1.54) is 24.3 Å². The Morgan fingerprint density at radius 2 is 1.75 bits per heavy atom. The maximum Gasteiger partial charge on any atom is 0.286 e. The lowest BCUT2D eigenvalue weighted by Gasteiger charge is -2.13. The highest BCUT2D eigenvalue weighted by Crippen LogP contribution is 2.26. The van der Waals surface area contributed by atoms with E-state index in [0.29, 0.717) is 5.02 Å². The number of aromatic nitrogens is 1. The second-order valence-corrected chi connectivity index (χ2v) is 7.60. The van der Waals surface area contributed by atoms with Crippen LogP contribution in [0.25, 0.3) is 0 Å². The van der Waals surface area contributed by atoms with E-state index >= 15 is 0 Å². The topological polar surface area (TPSA) is 79.0 Å². The number of rotatable bonds is 5. The van der Waals surface area contributed by atoms with E-state index < -0.39 is 39.6 Å². The Bertz CT molecular complexity index is 1050. The van der Waals surface area contributed by atoms with Crippen LogP contribution in [0, 0.1) is 17.5 Å². The van der Waals surface area contributed by atoms with E-state index in [2.05, 4.69) is 4.98 Å². The van der Waals surface area contributed by atoms with Gasteiger partial charge in [0.05, 0.1) is 11.3 Å². The van der Waals surface area contributed by atoms with Crippen molar-refractivity contribution in [3.05, 3.63) is 87.8 Å². The molecule has 0 aliphatic heterocycles. The molecule has 9 heteroatoms. The molecule has 28 heavy (non-hydrogen) atoms. The summed E-state index contributed by atoms with van der Waals surface area (Å²) in [6.45, 7) is 0. The summed E-state index contributed by atoms with van der Waals surface area (Å²) in [6.07, 6.45) is -0.340. The minimum atomic E-state index is -2.03. The molecule has 1 unspecified atom stereocenters. The van der Waals surface area contributed by atoms with Crippen molar-refractivity contribution in [2.75, 3.05) is 0 Å². The van der Waals surface area contributed by atoms with Crippen molar-refractivity contribution in [2.45, 2.75) is 16.3 Å². The Kier molecular flexibility index (Phi) is 5.93. The Labute approximate surface area is 166 Å². The average Bonchev–Trinajstić information content (AvgIpc) is 2.65. The molecule has 0 bridgehead atoms. The second kappa shape index (κ2) is 8.22. The fourth-order valence-corrected chi connectivity index (χ4v) is 3.68. The molecule has 2 aromatic carbocycles. The summed E-state index contributed by atoms with van der Waals surface area (Å²) in [5.41, 5.74) is 4.73. The second-order valence-electron chi connectivity index (χ2n) is 5.77. The van der Waals surface area contributed by atoms with Gasteiger partial charge in [-0.2, -0.15) is 4.39 Å². The van der Waals surface area contributed by atoms with Gasteiger partial charge in [-0.1, -0.05) is 11.6 Å². The van der Waals surface area contributed by atoms with Crippen LogP contribution in [0.2, 0.25) is 5.02 Å². The number of carbonyl (C=O) groups excluding carboxylic acids is 1. The number of carbonyl (C=O) groups is 1. The number of nitrogens with two attached hydrogens (primary N) is 1. The van der Waals surface area contributed by atoms with Crippen molar-refractivity contribution in [1.29, 1.82) is 0 Å². The van der Waals surface area contributed by atoms with Crippen molar-refractivity contribution < 1.29 is 22.5 Å². The fourth-order valence-electron chi connectivity index (χ4n) is 2.52. The number of primary amides is 1. The molecule has 0 spiro atoms. The normalized spacial score (nSPS) is 12.0. The van der Waals surface area contributed by atoms with Gasteiger partial charge in [-0.05, 0) is 54.1 Å². The Morgan fingerprint density at radius 3 is 2.39 bits per heavy atom. The summed E-state index contributed by atoms with van der Waals surface area (Å²) in [4.78, 5) is 15.8. The standard InChI is InChI=1S/C19H12ClF3N2O2S/c20-11-1-4-13(5-2-11)28(27)19-16(23)9-14(18(24)26)17(25-19)8-10-7-12(21)3-6-15(10)22/h1-7,9H,8H2,(H2,24,26). The molecule has 0 saturated heterocycles. The van der Waals surface area contributed by atoms with E-state index in [0.717, 1.165) is 24.3 Å². The van der Waals surface area contributed by atoms with E-state index in [1.54, 1.807) is 0 Å². The van der Waals surface area contributed by atoms with Crippen LogP contribution in [-0.2, 0) is 17.6 Å². The van der Waals surface area contributed by atoms with Crippen LogP contribution < -0.4 is 5.73 Å². The summed E-state index contributed by atoms with van der Waals surface area (Å²) >= 11 is 3.76. The molecule has 1 atom stereocenters. The van der Waals surface area contributed by atoms with Crippen LogP contribution in [-0.4, -0.2) is 15.4 Å². The summed E-state index contributed by atoms with van der Waals surface area (Å²) in [5.74, 6) is -3.43.